The van der Waals surface area contributed by atoms with Crippen LogP contribution < -0.4 is 32.7 Å². The minimum absolute atomic E-state index is 0. The van der Waals surface area contributed by atoms with Gasteiger partial charge in [0.1, 0.15) is 6.20 Å². The Morgan fingerprint density at radius 2 is 1.16 bits per heavy atom. The first-order valence-corrected chi connectivity index (χ1v) is 10.1. The predicted molar refractivity (Wildman–Crippen MR) is 122 cm³/mol. The highest BCUT2D eigenvalue weighted by Gasteiger charge is 2.56. The van der Waals surface area contributed by atoms with Crippen LogP contribution in [0.4, 0.5) is 0 Å². The van der Waals surface area contributed by atoms with Crippen molar-refractivity contribution in [2.24, 2.45) is 0 Å². The smallest absolute Gasteiger partial charge is 0.597 e. The fraction of sp³-hybridized carbons (Fsp3) is 0.0385. The Labute approximate surface area is 189 Å². The zero-order chi connectivity index (χ0) is 20.8. The zero-order valence-corrected chi connectivity index (χ0v) is 18.1. The van der Waals surface area contributed by atoms with E-state index >= 15 is 0 Å². The van der Waals surface area contributed by atoms with Gasteiger partial charge in [-0.1, -0.05) is 89.8 Å². The summed E-state index contributed by atoms with van der Waals surface area (Å²) in [5.41, 5.74) is 6.12. The molecule has 0 spiro atoms. The lowest BCUT2D eigenvalue weighted by atomic mass is 9.38. The summed E-state index contributed by atoms with van der Waals surface area (Å²) >= 11 is 0. The molecular formula is C26H23BClN3. The second-order valence-corrected chi connectivity index (χ2v) is 7.24. The maximum absolute atomic E-state index is 7.32. The first kappa shape index (κ1) is 22.0. The number of nitrogens with zero attached hydrogens (tertiary/aromatic N) is 2. The number of nitriles is 1. The van der Waals surface area contributed by atoms with Gasteiger partial charge in [-0.3, -0.25) is 0 Å². The summed E-state index contributed by atoms with van der Waals surface area (Å²) in [6.07, 6.45) is 0.838. The Kier molecular flexibility index (Phi) is 7.02. The van der Waals surface area contributed by atoms with Crippen molar-refractivity contribution in [3.05, 3.63) is 127 Å². The Hall–Kier alpha value is -3.68. The van der Waals surface area contributed by atoms with Crippen LogP contribution >= 0.6 is 0 Å². The van der Waals surface area contributed by atoms with Crippen LogP contribution in [0.1, 0.15) is 18.2 Å². The first-order chi connectivity index (χ1) is 14.8. The number of fused-ring (bicyclic) bond motifs is 1. The quantitative estimate of drug-likeness (QED) is 0.402. The SMILES string of the molecule is CC#N.[Cl-].c1ccc(C2=[NH+][B-](c3ccccc3)(c3ccccc3)[n+]3ccccc32)cc1. The minimum atomic E-state index is -1.35. The zero-order valence-electron chi connectivity index (χ0n) is 17.3. The van der Waals surface area contributed by atoms with E-state index in [1.807, 2.05) is 0 Å². The molecule has 0 fully saturated rings. The molecule has 0 amide bonds. The number of halogens is 1. The van der Waals surface area contributed by atoms with E-state index < -0.39 is 6.42 Å². The molecule has 0 saturated carbocycles. The van der Waals surface area contributed by atoms with Gasteiger partial charge in [0.05, 0.1) is 6.07 Å². The molecule has 5 heteroatoms. The van der Waals surface area contributed by atoms with Crippen molar-refractivity contribution in [2.75, 3.05) is 0 Å². The summed E-state index contributed by atoms with van der Waals surface area (Å²) in [5, 5.41) is 7.32. The summed E-state index contributed by atoms with van der Waals surface area (Å²) in [7, 11) is 0. The summed E-state index contributed by atoms with van der Waals surface area (Å²) < 4.78 is 2.41. The molecule has 0 atom stereocenters. The van der Waals surface area contributed by atoms with Crippen molar-refractivity contribution in [1.82, 2.24) is 0 Å². The highest BCUT2D eigenvalue weighted by molar-refractivity contribution is 6.89. The molecule has 0 aliphatic carbocycles. The lowest BCUT2D eigenvalue weighted by Crippen LogP contribution is -3.06. The van der Waals surface area contributed by atoms with E-state index in [2.05, 4.69) is 125 Å². The molecule has 3 aromatic carbocycles. The number of nitrogens with one attached hydrogen (secondary N) is 1. The summed E-state index contributed by atoms with van der Waals surface area (Å²) in [6.45, 7) is 1.43. The van der Waals surface area contributed by atoms with Crippen molar-refractivity contribution in [2.45, 2.75) is 6.92 Å². The Morgan fingerprint density at radius 3 is 1.68 bits per heavy atom. The van der Waals surface area contributed by atoms with E-state index in [1.54, 1.807) is 6.07 Å². The second kappa shape index (κ2) is 9.89. The van der Waals surface area contributed by atoms with Crippen LogP contribution in [-0.2, 0) is 0 Å². The lowest BCUT2D eigenvalue weighted by molar-refractivity contribution is -0.588. The van der Waals surface area contributed by atoms with Gasteiger partial charge >= 0.3 is 6.42 Å². The number of pyridine rings is 1. The molecule has 1 aliphatic heterocycles. The number of hydrogen-bond acceptors (Lipinski definition) is 1. The largest absolute Gasteiger partial charge is 1.00 e. The summed E-state index contributed by atoms with van der Waals surface area (Å²) in [4.78, 5) is 3.96. The van der Waals surface area contributed by atoms with Crippen molar-refractivity contribution in [1.29, 1.82) is 5.26 Å². The molecule has 1 aliphatic rings. The van der Waals surface area contributed by atoms with Gasteiger partial charge in [-0.15, -0.1) is 0 Å². The minimum Gasteiger partial charge on any atom is -1.00 e. The van der Waals surface area contributed by atoms with E-state index in [0.717, 1.165) is 0 Å². The summed E-state index contributed by atoms with van der Waals surface area (Å²) in [5.74, 6) is 0. The van der Waals surface area contributed by atoms with E-state index in [9.17, 15) is 0 Å². The predicted octanol–water partition coefficient (Wildman–Crippen LogP) is -1.46. The monoisotopic (exact) mass is 423 g/mol. The van der Waals surface area contributed by atoms with E-state index in [-0.39, 0.29) is 12.4 Å². The van der Waals surface area contributed by atoms with Crippen molar-refractivity contribution < 1.29 is 21.8 Å². The van der Waals surface area contributed by atoms with E-state index in [0.29, 0.717) is 0 Å². The van der Waals surface area contributed by atoms with Crippen LogP contribution in [0.25, 0.3) is 0 Å². The molecule has 2 heterocycles. The molecule has 0 unspecified atom stereocenters. The van der Waals surface area contributed by atoms with Crippen LogP contribution in [-0.4, -0.2) is 12.1 Å². The molecule has 3 nitrogen and oxygen atoms in total. The molecule has 1 aromatic heterocycles. The first-order valence-electron chi connectivity index (χ1n) is 10.1. The Bertz CT molecular complexity index is 1160. The van der Waals surface area contributed by atoms with Crippen LogP contribution in [0.5, 0.6) is 0 Å². The number of rotatable bonds is 3. The van der Waals surface area contributed by atoms with Gasteiger partial charge in [-0.2, -0.15) is 5.26 Å². The van der Waals surface area contributed by atoms with Gasteiger partial charge < -0.3 is 21.8 Å². The molecule has 5 rings (SSSR count). The lowest BCUT2D eigenvalue weighted by Gasteiger charge is -2.22. The highest BCUT2D eigenvalue weighted by atomic mass is 35.5. The summed E-state index contributed by atoms with van der Waals surface area (Å²) in [6, 6.07) is 40.3. The van der Waals surface area contributed by atoms with E-state index in [1.165, 1.54) is 34.8 Å². The van der Waals surface area contributed by atoms with Crippen LogP contribution in [0, 0.1) is 11.3 Å². The van der Waals surface area contributed by atoms with Gasteiger partial charge in [-0.05, 0) is 24.3 Å². The average molecular weight is 424 g/mol. The fourth-order valence-electron chi connectivity index (χ4n) is 4.34. The fourth-order valence-corrected chi connectivity index (χ4v) is 4.34. The average Bonchev–Trinajstić information content (AvgIpc) is 3.18. The third kappa shape index (κ3) is 4.01. The maximum Gasteiger partial charge on any atom is 0.597 e. The molecule has 0 radical (unpaired) electrons. The third-order valence-corrected chi connectivity index (χ3v) is 5.54. The molecule has 0 bridgehead atoms. The third-order valence-electron chi connectivity index (χ3n) is 5.54. The molecule has 31 heavy (non-hydrogen) atoms. The molecule has 152 valence electrons. The normalized spacial score (nSPS) is 12.8. The molecule has 1 N–H and O–H groups in total. The van der Waals surface area contributed by atoms with Gasteiger partial charge in [-0.25, -0.2) is 0 Å². The second-order valence-electron chi connectivity index (χ2n) is 7.24. The topological polar surface area (TPSA) is 41.6 Å². The van der Waals surface area contributed by atoms with Crippen molar-refractivity contribution >= 4 is 23.1 Å². The maximum atomic E-state index is 7.32. The van der Waals surface area contributed by atoms with Crippen molar-refractivity contribution in [3.8, 4) is 6.07 Å². The number of benzene rings is 3. The molecular weight excluding hydrogens is 401 g/mol. The van der Waals surface area contributed by atoms with Gasteiger partial charge in [0.15, 0.2) is 0 Å². The molecule has 0 saturated heterocycles. The van der Waals surface area contributed by atoms with Crippen LogP contribution in [0.2, 0.25) is 0 Å². The van der Waals surface area contributed by atoms with E-state index in [4.69, 9.17) is 5.26 Å². The Balaban J connectivity index is 0.000000645. The van der Waals surface area contributed by atoms with Gasteiger partial charge in [0, 0.05) is 18.6 Å². The van der Waals surface area contributed by atoms with Crippen LogP contribution in [0.3, 0.4) is 0 Å². The van der Waals surface area contributed by atoms with Crippen LogP contribution in [0.15, 0.2) is 115 Å². The van der Waals surface area contributed by atoms with Gasteiger partial charge in [0.2, 0.25) is 11.4 Å². The van der Waals surface area contributed by atoms with Gasteiger partial charge in [0.25, 0.3) is 0 Å². The molecule has 4 aromatic rings. The Morgan fingerprint density at radius 1 is 0.710 bits per heavy atom. The standard InChI is InChI=1S/C24H20BN2.C2H3N.ClH/c1-4-12-20(13-5-1)24-23-18-10-11-19-27(23)25(26-24,21-14-6-2-7-15-21)22-16-8-3-9-17-22;1-2-3;/h1-19,26H;1H3;1H/q+1;;/p-1. The number of aromatic nitrogens is 1. The van der Waals surface area contributed by atoms with Crippen molar-refractivity contribution in [3.63, 3.8) is 0 Å². The highest BCUT2D eigenvalue weighted by Crippen LogP contribution is 2.09. The number of hydrogen-bond donors (Lipinski definition) is 1.